The molecule has 0 bridgehead atoms. The summed E-state index contributed by atoms with van der Waals surface area (Å²) < 4.78 is 12.8. The van der Waals surface area contributed by atoms with Gasteiger partial charge < -0.3 is 10.4 Å². The van der Waals surface area contributed by atoms with Gasteiger partial charge in [-0.05, 0) is 30.5 Å². The second-order valence-electron chi connectivity index (χ2n) is 5.56. The molecule has 1 aliphatic carbocycles. The summed E-state index contributed by atoms with van der Waals surface area (Å²) in [4.78, 5) is 23.4. The van der Waals surface area contributed by atoms with Crippen LogP contribution in [0.15, 0.2) is 24.3 Å². The number of hydrogen-bond acceptors (Lipinski definition) is 2. The number of nitrogens with one attached hydrogen (secondary N) is 1. The number of benzene rings is 1. The van der Waals surface area contributed by atoms with Crippen LogP contribution >= 0.6 is 0 Å². The first kappa shape index (κ1) is 15.5. The van der Waals surface area contributed by atoms with E-state index in [9.17, 15) is 19.1 Å². The van der Waals surface area contributed by atoms with E-state index in [0.717, 1.165) is 24.8 Å². The van der Waals surface area contributed by atoms with Crippen molar-refractivity contribution in [3.05, 3.63) is 35.6 Å². The molecule has 0 spiro atoms. The van der Waals surface area contributed by atoms with Crippen molar-refractivity contribution in [2.45, 2.75) is 44.6 Å². The summed E-state index contributed by atoms with van der Waals surface area (Å²) in [5, 5.41) is 12.1. The molecular formula is C16H20FNO3. The van der Waals surface area contributed by atoms with Crippen LogP contribution in [0.4, 0.5) is 4.39 Å². The highest BCUT2D eigenvalue weighted by Gasteiger charge is 2.30. The number of carboxylic acid groups (broad SMARTS) is 1. The number of carbonyl (C=O) groups is 2. The van der Waals surface area contributed by atoms with Crippen molar-refractivity contribution < 1.29 is 19.1 Å². The maximum atomic E-state index is 12.8. The minimum Gasteiger partial charge on any atom is -0.481 e. The van der Waals surface area contributed by atoms with Crippen LogP contribution in [0.5, 0.6) is 0 Å². The highest BCUT2D eigenvalue weighted by atomic mass is 19.1. The Bertz CT molecular complexity index is 501. The van der Waals surface area contributed by atoms with Crippen LogP contribution in [0.1, 0.15) is 37.7 Å². The monoisotopic (exact) mass is 293 g/mol. The highest BCUT2D eigenvalue weighted by molar-refractivity contribution is 5.80. The van der Waals surface area contributed by atoms with E-state index in [2.05, 4.69) is 5.32 Å². The van der Waals surface area contributed by atoms with Crippen LogP contribution in [0.25, 0.3) is 0 Å². The molecule has 1 aromatic rings. The Labute approximate surface area is 123 Å². The second-order valence-corrected chi connectivity index (χ2v) is 5.56. The molecule has 5 heteroatoms. The van der Waals surface area contributed by atoms with Gasteiger partial charge in [-0.15, -0.1) is 0 Å². The molecule has 0 saturated heterocycles. The summed E-state index contributed by atoms with van der Waals surface area (Å²) >= 11 is 0. The molecule has 114 valence electrons. The Hall–Kier alpha value is -1.91. The van der Waals surface area contributed by atoms with E-state index in [1.165, 1.54) is 12.1 Å². The zero-order chi connectivity index (χ0) is 15.2. The molecule has 0 heterocycles. The number of halogens is 1. The lowest BCUT2D eigenvalue weighted by Crippen LogP contribution is -2.43. The van der Waals surface area contributed by atoms with Crippen LogP contribution in [0.3, 0.4) is 0 Å². The average molecular weight is 293 g/mol. The van der Waals surface area contributed by atoms with Gasteiger partial charge in [0.1, 0.15) is 5.82 Å². The van der Waals surface area contributed by atoms with E-state index in [-0.39, 0.29) is 24.2 Å². The third-order valence-electron chi connectivity index (χ3n) is 3.96. The number of amides is 1. The zero-order valence-electron chi connectivity index (χ0n) is 11.8. The lowest BCUT2D eigenvalue weighted by Gasteiger charge is -2.22. The van der Waals surface area contributed by atoms with Crippen molar-refractivity contribution >= 4 is 11.9 Å². The van der Waals surface area contributed by atoms with Crippen LogP contribution in [0, 0.1) is 11.7 Å². The molecule has 21 heavy (non-hydrogen) atoms. The van der Waals surface area contributed by atoms with Gasteiger partial charge in [-0.25, -0.2) is 4.39 Å². The van der Waals surface area contributed by atoms with Crippen molar-refractivity contribution in [3.63, 3.8) is 0 Å². The summed E-state index contributed by atoms with van der Waals surface area (Å²) in [5.74, 6) is -1.90. The Balaban J connectivity index is 1.96. The van der Waals surface area contributed by atoms with E-state index >= 15 is 0 Å². The fourth-order valence-corrected chi connectivity index (χ4v) is 2.82. The Morgan fingerprint density at radius 2 is 1.81 bits per heavy atom. The smallest absolute Gasteiger partial charge is 0.308 e. The number of carboxylic acids is 1. The quantitative estimate of drug-likeness (QED) is 0.838. The second kappa shape index (κ2) is 7.20. The normalized spacial score (nSPS) is 22.3. The summed E-state index contributed by atoms with van der Waals surface area (Å²) in [6.07, 6.45) is 4.28. The molecule has 2 rings (SSSR count). The first-order valence-corrected chi connectivity index (χ1v) is 7.33. The molecule has 2 atom stereocenters. The van der Waals surface area contributed by atoms with Gasteiger partial charge in [0, 0.05) is 6.04 Å². The summed E-state index contributed by atoms with van der Waals surface area (Å²) in [6.45, 7) is 0. The largest absolute Gasteiger partial charge is 0.481 e. The molecule has 0 unspecified atom stereocenters. The van der Waals surface area contributed by atoms with Gasteiger partial charge in [0.2, 0.25) is 5.91 Å². The average Bonchev–Trinajstić information content (AvgIpc) is 2.67. The van der Waals surface area contributed by atoms with E-state index in [0.29, 0.717) is 12.8 Å². The minimum absolute atomic E-state index is 0.142. The maximum Gasteiger partial charge on any atom is 0.308 e. The first-order valence-electron chi connectivity index (χ1n) is 7.33. The van der Waals surface area contributed by atoms with E-state index in [4.69, 9.17) is 0 Å². The van der Waals surface area contributed by atoms with Crippen LogP contribution in [-0.2, 0) is 16.0 Å². The van der Waals surface area contributed by atoms with Crippen LogP contribution in [0.2, 0.25) is 0 Å². The van der Waals surface area contributed by atoms with Gasteiger partial charge in [-0.3, -0.25) is 9.59 Å². The lowest BCUT2D eigenvalue weighted by atomic mass is 9.94. The SMILES string of the molecule is O=C(Cc1ccc(F)cc1)N[C@@H]1CCCCC[C@H]1C(=O)O. The van der Waals surface area contributed by atoms with Crippen LogP contribution in [-0.4, -0.2) is 23.0 Å². The molecular weight excluding hydrogens is 273 g/mol. The van der Waals surface area contributed by atoms with E-state index in [1.54, 1.807) is 12.1 Å². The van der Waals surface area contributed by atoms with Crippen molar-refractivity contribution in [1.82, 2.24) is 5.32 Å². The minimum atomic E-state index is -0.844. The molecule has 1 amide bonds. The lowest BCUT2D eigenvalue weighted by molar-refractivity contribution is -0.143. The first-order chi connectivity index (χ1) is 10.1. The number of aliphatic carboxylic acids is 1. The van der Waals surface area contributed by atoms with E-state index in [1.807, 2.05) is 0 Å². The van der Waals surface area contributed by atoms with Gasteiger partial charge in [0.15, 0.2) is 0 Å². The Morgan fingerprint density at radius 3 is 2.48 bits per heavy atom. The van der Waals surface area contributed by atoms with Crippen molar-refractivity contribution in [3.8, 4) is 0 Å². The molecule has 4 nitrogen and oxygen atoms in total. The van der Waals surface area contributed by atoms with Gasteiger partial charge in [-0.1, -0.05) is 31.4 Å². The Morgan fingerprint density at radius 1 is 1.14 bits per heavy atom. The van der Waals surface area contributed by atoms with Gasteiger partial charge in [0.05, 0.1) is 12.3 Å². The fraction of sp³-hybridized carbons (Fsp3) is 0.500. The fourth-order valence-electron chi connectivity index (χ4n) is 2.82. The summed E-state index contributed by atoms with van der Waals surface area (Å²) in [7, 11) is 0. The number of hydrogen-bond donors (Lipinski definition) is 2. The predicted molar refractivity (Wildman–Crippen MR) is 76.2 cm³/mol. The molecule has 1 aliphatic rings. The molecule has 0 aliphatic heterocycles. The standard InChI is InChI=1S/C16H20FNO3/c17-12-8-6-11(7-9-12)10-15(19)18-14-5-3-1-2-4-13(14)16(20)21/h6-9,13-14H,1-5,10H2,(H,18,19)(H,20,21)/t13-,14-/m1/s1. The van der Waals surface area contributed by atoms with Gasteiger partial charge in [-0.2, -0.15) is 0 Å². The summed E-state index contributed by atoms with van der Waals surface area (Å²) in [6, 6.07) is 5.45. The van der Waals surface area contributed by atoms with Gasteiger partial charge in [0.25, 0.3) is 0 Å². The summed E-state index contributed by atoms with van der Waals surface area (Å²) in [5.41, 5.74) is 0.717. The zero-order valence-corrected chi connectivity index (χ0v) is 11.8. The predicted octanol–water partition coefficient (Wildman–Crippen LogP) is 2.52. The topological polar surface area (TPSA) is 66.4 Å². The molecule has 0 radical (unpaired) electrons. The molecule has 1 fully saturated rings. The van der Waals surface area contributed by atoms with Crippen molar-refractivity contribution in [1.29, 1.82) is 0 Å². The van der Waals surface area contributed by atoms with Gasteiger partial charge >= 0.3 is 5.97 Å². The molecule has 1 saturated carbocycles. The molecule has 2 N–H and O–H groups in total. The maximum absolute atomic E-state index is 12.8. The van der Waals surface area contributed by atoms with E-state index < -0.39 is 11.9 Å². The third-order valence-corrected chi connectivity index (χ3v) is 3.96. The molecule has 1 aromatic carbocycles. The Kier molecular flexibility index (Phi) is 5.31. The van der Waals surface area contributed by atoms with Crippen molar-refractivity contribution in [2.24, 2.45) is 5.92 Å². The highest BCUT2D eigenvalue weighted by Crippen LogP contribution is 2.24. The van der Waals surface area contributed by atoms with Crippen LogP contribution < -0.4 is 5.32 Å². The van der Waals surface area contributed by atoms with Crippen molar-refractivity contribution in [2.75, 3.05) is 0 Å². The molecule has 0 aromatic heterocycles. The number of carbonyl (C=O) groups excluding carboxylic acids is 1. The number of rotatable bonds is 4. The third kappa shape index (κ3) is 4.55.